The lowest BCUT2D eigenvalue weighted by atomic mass is 9.92. The average Bonchev–Trinajstić information content (AvgIpc) is 3.79. The molecule has 10 nitrogen and oxygen atoms in total. The molecule has 1 aromatic carbocycles. The minimum absolute atomic E-state index is 0.162. The van der Waals surface area contributed by atoms with E-state index in [1.54, 1.807) is 12.2 Å². The van der Waals surface area contributed by atoms with Gasteiger partial charge in [0.05, 0.1) is 26.2 Å². The molecule has 1 aromatic rings. The van der Waals surface area contributed by atoms with Crippen molar-refractivity contribution in [3.8, 4) is 5.75 Å². The number of hydroxylamine groups is 2. The smallest absolute Gasteiger partial charge is 0.326 e. The number of ether oxygens (including phenoxy) is 7. The van der Waals surface area contributed by atoms with Gasteiger partial charge in [-0.25, -0.2) is 0 Å². The Kier molecular flexibility index (Phi) is 6.40. The van der Waals surface area contributed by atoms with E-state index in [2.05, 4.69) is 0 Å². The van der Waals surface area contributed by atoms with E-state index in [4.69, 9.17) is 38.0 Å². The van der Waals surface area contributed by atoms with Gasteiger partial charge in [-0.2, -0.15) is 0 Å². The predicted octanol–water partition coefficient (Wildman–Crippen LogP) is 3.77. The largest absolute Gasteiger partial charge is 0.497 e. The van der Waals surface area contributed by atoms with Crippen LogP contribution in [0.15, 0.2) is 24.3 Å². The second kappa shape index (κ2) is 9.90. The highest BCUT2D eigenvalue weighted by atomic mass is 16.8. The molecule has 5 heterocycles. The SMILES string of the molecule is COc1ccc([C@H]2ON([C@H]3O[C@H]([C@@H]4COC5(CCCCC5)O4)[C@@H]4OC5(CCCCC5)O[C@@H]43)[C@@H]3C(=O)OC[C@H]23)cc1. The van der Waals surface area contributed by atoms with Gasteiger partial charge in [0.2, 0.25) is 0 Å². The van der Waals surface area contributed by atoms with Crippen LogP contribution in [0, 0.1) is 5.92 Å². The molecule has 0 radical (unpaired) electrons. The minimum atomic E-state index is -0.635. The van der Waals surface area contributed by atoms with Crippen LogP contribution < -0.4 is 4.74 Å². The summed E-state index contributed by atoms with van der Waals surface area (Å²) in [6, 6.07) is 7.19. The van der Waals surface area contributed by atoms with Crippen molar-refractivity contribution in [1.82, 2.24) is 5.06 Å². The highest BCUT2D eigenvalue weighted by molar-refractivity contribution is 5.78. The van der Waals surface area contributed by atoms with Crippen LogP contribution in [0.2, 0.25) is 0 Å². The van der Waals surface area contributed by atoms with E-state index in [-0.39, 0.29) is 30.2 Å². The van der Waals surface area contributed by atoms with Crippen molar-refractivity contribution in [3.63, 3.8) is 0 Å². The van der Waals surface area contributed by atoms with Crippen LogP contribution in [0.1, 0.15) is 75.9 Å². The Labute approximate surface area is 234 Å². The number of carbonyl (C=O) groups excluding carboxylic acids is 1. The first kappa shape index (κ1) is 25.9. The number of rotatable bonds is 4. The Morgan fingerprint density at radius 3 is 2.25 bits per heavy atom. The molecule has 5 aliphatic heterocycles. The highest BCUT2D eigenvalue weighted by Gasteiger charge is 2.66. The third-order valence-corrected chi connectivity index (χ3v) is 10.1. The molecular formula is C30H39NO9. The highest BCUT2D eigenvalue weighted by Crippen LogP contribution is 2.52. The number of cyclic esters (lactones) is 1. The maximum atomic E-state index is 13.1. The van der Waals surface area contributed by atoms with Gasteiger partial charge >= 0.3 is 5.97 Å². The van der Waals surface area contributed by atoms with Crippen LogP contribution in [-0.2, 0) is 38.1 Å². The lowest BCUT2D eigenvalue weighted by Gasteiger charge is -2.36. The average molecular weight is 558 g/mol. The zero-order chi connectivity index (χ0) is 26.9. The quantitative estimate of drug-likeness (QED) is 0.509. The number of hydrogen-bond acceptors (Lipinski definition) is 10. The van der Waals surface area contributed by atoms with E-state index in [1.807, 2.05) is 24.3 Å². The van der Waals surface area contributed by atoms with E-state index >= 15 is 0 Å². The van der Waals surface area contributed by atoms with Crippen molar-refractivity contribution >= 4 is 5.97 Å². The van der Waals surface area contributed by atoms with Crippen LogP contribution in [-0.4, -0.2) is 79.6 Å². The van der Waals surface area contributed by atoms with Gasteiger partial charge in [0.15, 0.2) is 17.8 Å². The summed E-state index contributed by atoms with van der Waals surface area (Å²) >= 11 is 0. The van der Waals surface area contributed by atoms with Crippen molar-refractivity contribution in [1.29, 1.82) is 0 Å². The van der Waals surface area contributed by atoms with E-state index in [0.717, 1.165) is 62.7 Å². The molecule has 8 rings (SSSR count). The molecule has 2 spiro atoms. The molecule has 0 bridgehead atoms. The fourth-order valence-electron chi connectivity index (χ4n) is 8.04. The number of fused-ring (bicyclic) bond motifs is 2. The minimum Gasteiger partial charge on any atom is -0.497 e. The lowest BCUT2D eigenvalue weighted by molar-refractivity contribution is -0.301. The van der Waals surface area contributed by atoms with Crippen molar-refractivity contribution in [2.75, 3.05) is 20.3 Å². The molecule has 0 N–H and O–H groups in total. The van der Waals surface area contributed by atoms with Gasteiger partial charge in [-0.3, -0.25) is 9.63 Å². The van der Waals surface area contributed by atoms with E-state index in [1.165, 1.54) is 12.8 Å². The van der Waals surface area contributed by atoms with Gasteiger partial charge in [-0.1, -0.05) is 25.0 Å². The van der Waals surface area contributed by atoms with Crippen molar-refractivity contribution < 1.29 is 42.8 Å². The topological polar surface area (TPSA) is 94.2 Å². The van der Waals surface area contributed by atoms with Crippen LogP contribution in [0.3, 0.4) is 0 Å². The fraction of sp³-hybridized carbons (Fsp3) is 0.767. The molecule has 10 heteroatoms. The van der Waals surface area contributed by atoms with Crippen molar-refractivity contribution in [3.05, 3.63) is 29.8 Å². The Balaban J connectivity index is 1.09. The summed E-state index contributed by atoms with van der Waals surface area (Å²) in [6.45, 7) is 0.755. The molecule has 40 heavy (non-hydrogen) atoms. The Morgan fingerprint density at radius 1 is 0.825 bits per heavy atom. The Hall–Kier alpha value is -1.79. The van der Waals surface area contributed by atoms with Crippen LogP contribution >= 0.6 is 0 Å². The summed E-state index contributed by atoms with van der Waals surface area (Å²) in [7, 11) is 1.64. The third-order valence-electron chi connectivity index (χ3n) is 10.1. The first-order valence-corrected chi connectivity index (χ1v) is 15.2. The molecule has 5 saturated heterocycles. The van der Waals surface area contributed by atoms with Gasteiger partial charge in [0.25, 0.3) is 0 Å². The van der Waals surface area contributed by atoms with Gasteiger partial charge < -0.3 is 33.2 Å². The molecule has 8 atom stereocenters. The molecule has 7 fully saturated rings. The van der Waals surface area contributed by atoms with E-state index in [9.17, 15) is 4.79 Å². The number of esters is 1. The van der Waals surface area contributed by atoms with Gasteiger partial charge in [0.1, 0.15) is 42.3 Å². The molecule has 2 saturated carbocycles. The van der Waals surface area contributed by atoms with E-state index in [0.29, 0.717) is 13.2 Å². The van der Waals surface area contributed by atoms with Crippen molar-refractivity contribution in [2.45, 2.75) is 119 Å². The number of methoxy groups -OCH3 is 1. The first-order valence-electron chi connectivity index (χ1n) is 15.2. The van der Waals surface area contributed by atoms with Crippen molar-refractivity contribution in [2.24, 2.45) is 5.92 Å². The zero-order valence-corrected chi connectivity index (χ0v) is 23.0. The maximum Gasteiger partial charge on any atom is 0.326 e. The Morgan fingerprint density at radius 2 is 1.52 bits per heavy atom. The first-order chi connectivity index (χ1) is 19.6. The number of nitrogens with zero attached hydrogens (tertiary/aromatic N) is 1. The summed E-state index contributed by atoms with van der Waals surface area (Å²) in [4.78, 5) is 19.7. The summed E-state index contributed by atoms with van der Waals surface area (Å²) in [5.74, 6) is -0.837. The third kappa shape index (κ3) is 4.13. The summed E-state index contributed by atoms with van der Waals surface area (Å²) < 4.78 is 44.2. The summed E-state index contributed by atoms with van der Waals surface area (Å²) in [5, 5.41) is 1.71. The monoisotopic (exact) mass is 557 g/mol. The molecule has 7 aliphatic rings. The second-order valence-corrected chi connectivity index (χ2v) is 12.5. The van der Waals surface area contributed by atoms with Crippen LogP contribution in [0.25, 0.3) is 0 Å². The van der Waals surface area contributed by atoms with E-state index < -0.39 is 36.1 Å². The molecule has 0 unspecified atom stereocenters. The molecule has 0 amide bonds. The normalized spacial score (nSPS) is 41.9. The number of carbonyl (C=O) groups is 1. The number of hydrogen-bond donors (Lipinski definition) is 0. The lowest BCUT2D eigenvalue weighted by Crippen LogP contribution is -2.49. The van der Waals surface area contributed by atoms with Gasteiger partial charge in [-0.05, 0) is 43.4 Å². The summed E-state index contributed by atoms with van der Waals surface area (Å²) in [6.07, 6.45) is 7.86. The molecule has 218 valence electrons. The standard InChI is InChI=1S/C30H39NO9/c1-33-19-10-8-18(9-11-19)23-20-16-34-28(32)22(20)31(40-23)27-26-25(38-30(39-26)14-6-3-7-15-30)24(36-27)21-17-35-29(37-21)12-4-2-5-13-29/h8-11,20-27H,2-7,12-17H2,1H3/t20-,21-,22-,23+,24+,25-,26-,27-/m0/s1. The molecular weight excluding hydrogens is 518 g/mol. The Bertz CT molecular complexity index is 1100. The van der Waals surface area contributed by atoms with Gasteiger partial charge in [0, 0.05) is 25.7 Å². The maximum absolute atomic E-state index is 13.1. The predicted molar refractivity (Wildman–Crippen MR) is 138 cm³/mol. The number of benzene rings is 1. The zero-order valence-electron chi connectivity index (χ0n) is 23.0. The molecule has 0 aromatic heterocycles. The van der Waals surface area contributed by atoms with Gasteiger partial charge in [-0.15, -0.1) is 5.06 Å². The fourth-order valence-corrected chi connectivity index (χ4v) is 8.04. The second-order valence-electron chi connectivity index (χ2n) is 12.5. The van der Waals surface area contributed by atoms with Crippen LogP contribution in [0.4, 0.5) is 0 Å². The summed E-state index contributed by atoms with van der Waals surface area (Å²) in [5.41, 5.74) is 0.960. The molecule has 2 aliphatic carbocycles. The van der Waals surface area contributed by atoms with Crippen LogP contribution in [0.5, 0.6) is 5.75 Å².